The molecule has 146 valence electrons. The van der Waals surface area contributed by atoms with E-state index in [2.05, 4.69) is 46.6 Å². The molecule has 3 rings (SSSR count). The number of anilines is 3. The summed E-state index contributed by atoms with van der Waals surface area (Å²) in [5.41, 5.74) is 4.42. The van der Waals surface area contributed by atoms with Gasteiger partial charge in [0.1, 0.15) is 5.82 Å². The second-order valence-electron chi connectivity index (χ2n) is 6.56. The molecule has 4 N–H and O–H groups in total. The van der Waals surface area contributed by atoms with Crippen LogP contribution in [0.1, 0.15) is 16.7 Å². The minimum Gasteiger partial charge on any atom is -0.354 e. The van der Waals surface area contributed by atoms with Crippen LogP contribution in [-0.4, -0.2) is 24.9 Å². The summed E-state index contributed by atoms with van der Waals surface area (Å²) in [6.45, 7) is 4.76. The van der Waals surface area contributed by atoms with Gasteiger partial charge in [0.15, 0.2) is 0 Å². The third-order valence-electron chi connectivity index (χ3n) is 4.38. The van der Waals surface area contributed by atoms with Crippen LogP contribution in [0.5, 0.6) is 0 Å². The maximum absolute atomic E-state index is 11.3. The molecule has 0 aliphatic heterocycles. The zero-order valence-electron chi connectivity index (χ0n) is 15.8. The standard InChI is InChI=1S/C20H23N5O2S/c1-14-3-6-17(13-15(14)2)24-19-10-12-23-20(25-19)22-11-9-16-4-7-18(8-5-16)28(21,26)27/h3-8,10,12-13H,9,11H2,1-2H3,(H2,21,26,27)(H2,22,23,24,25). The van der Waals surface area contributed by atoms with E-state index in [0.717, 1.165) is 11.3 Å². The highest BCUT2D eigenvalue weighted by Gasteiger charge is 2.07. The fourth-order valence-corrected chi connectivity index (χ4v) is 3.16. The average Bonchev–Trinajstić information content (AvgIpc) is 2.65. The molecule has 0 amide bonds. The molecule has 0 saturated carbocycles. The highest BCUT2D eigenvalue weighted by Crippen LogP contribution is 2.18. The predicted molar refractivity (Wildman–Crippen MR) is 111 cm³/mol. The first kappa shape index (κ1) is 19.8. The van der Waals surface area contributed by atoms with Crippen molar-refractivity contribution < 1.29 is 8.42 Å². The Morgan fingerprint density at radius 3 is 2.43 bits per heavy atom. The maximum Gasteiger partial charge on any atom is 0.238 e. The summed E-state index contributed by atoms with van der Waals surface area (Å²) in [5, 5.41) is 11.6. The van der Waals surface area contributed by atoms with Crippen LogP contribution in [0.4, 0.5) is 17.5 Å². The molecule has 0 bridgehead atoms. The summed E-state index contributed by atoms with van der Waals surface area (Å²) in [5.74, 6) is 1.23. The number of nitrogens with one attached hydrogen (secondary N) is 2. The maximum atomic E-state index is 11.3. The van der Waals surface area contributed by atoms with E-state index in [9.17, 15) is 8.42 Å². The number of primary sulfonamides is 1. The number of aromatic nitrogens is 2. The Bertz CT molecular complexity index is 1070. The van der Waals surface area contributed by atoms with Gasteiger partial charge in [-0.05, 0) is 67.3 Å². The summed E-state index contributed by atoms with van der Waals surface area (Å²) in [6.07, 6.45) is 2.39. The topological polar surface area (TPSA) is 110 Å². The number of nitrogens with zero attached hydrogens (tertiary/aromatic N) is 2. The number of aryl methyl sites for hydroxylation is 2. The smallest absolute Gasteiger partial charge is 0.238 e. The molecule has 7 nitrogen and oxygen atoms in total. The molecule has 28 heavy (non-hydrogen) atoms. The molecular weight excluding hydrogens is 374 g/mol. The van der Waals surface area contributed by atoms with Crippen LogP contribution < -0.4 is 15.8 Å². The van der Waals surface area contributed by atoms with E-state index in [0.29, 0.717) is 24.7 Å². The molecule has 0 radical (unpaired) electrons. The Hall–Kier alpha value is -2.97. The lowest BCUT2D eigenvalue weighted by Crippen LogP contribution is -2.12. The van der Waals surface area contributed by atoms with Crippen LogP contribution in [0.15, 0.2) is 59.6 Å². The minimum absolute atomic E-state index is 0.109. The molecule has 0 aliphatic carbocycles. The van der Waals surface area contributed by atoms with Gasteiger partial charge in [-0.1, -0.05) is 18.2 Å². The highest BCUT2D eigenvalue weighted by atomic mass is 32.2. The molecule has 0 aliphatic rings. The fourth-order valence-electron chi connectivity index (χ4n) is 2.64. The van der Waals surface area contributed by atoms with E-state index in [1.807, 2.05) is 12.1 Å². The van der Waals surface area contributed by atoms with Gasteiger partial charge in [-0.25, -0.2) is 18.5 Å². The number of hydrogen-bond donors (Lipinski definition) is 3. The van der Waals surface area contributed by atoms with Crippen LogP contribution in [0.3, 0.4) is 0 Å². The SMILES string of the molecule is Cc1ccc(Nc2ccnc(NCCc3ccc(S(N)(=O)=O)cc3)n2)cc1C. The lowest BCUT2D eigenvalue weighted by atomic mass is 10.1. The van der Waals surface area contributed by atoms with Gasteiger partial charge >= 0.3 is 0 Å². The molecule has 0 unspecified atom stereocenters. The third kappa shape index (κ3) is 5.28. The number of hydrogen-bond acceptors (Lipinski definition) is 6. The van der Waals surface area contributed by atoms with Crippen molar-refractivity contribution in [1.82, 2.24) is 9.97 Å². The lowest BCUT2D eigenvalue weighted by molar-refractivity contribution is 0.598. The summed E-state index contributed by atoms with van der Waals surface area (Å²) in [4.78, 5) is 8.81. The van der Waals surface area contributed by atoms with Crippen LogP contribution in [-0.2, 0) is 16.4 Å². The highest BCUT2D eigenvalue weighted by molar-refractivity contribution is 7.89. The van der Waals surface area contributed by atoms with Gasteiger partial charge in [0, 0.05) is 18.4 Å². The normalized spacial score (nSPS) is 11.2. The molecule has 8 heteroatoms. The van der Waals surface area contributed by atoms with Gasteiger partial charge < -0.3 is 10.6 Å². The van der Waals surface area contributed by atoms with Gasteiger partial charge in [-0.2, -0.15) is 4.98 Å². The molecule has 0 saturated heterocycles. The molecule has 0 fully saturated rings. The second-order valence-corrected chi connectivity index (χ2v) is 8.12. The molecule has 3 aromatic rings. The average molecular weight is 398 g/mol. The second kappa shape index (κ2) is 8.37. The largest absolute Gasteiger partial charge is 0.354 e. The van der Waals surface area contributed by atoms with Crippen LogP contribution in [0.25, 0.3) is 0 Å². The van der Waals surface area contributed by atoms with Crippen molar-refractivity contribution in [3.8, 4) is 0 Å². The van der Waals surface area contributed by atoms with E-state index in [4.69, 9.17) is 5.14 Å². The zero-order chi connectivity index (χ0) is 20.1. The quantitative estimate of drug-likeness (QED) is 0.565. The zero-order valence-corrected chi connectivity index (χ0v) is 16.6. The molecule has 1 aromatic heterocycles. The molecule has 1 heterocycles. The van der Waals surface area contributed by atoms with Gasteiger partial charge in [0.05, 0.1) is 4.90 Å². The number of nitrogens with two attached hydrogens (primary N) is 1. The van der Waals surface area contributed by atoms with Crippen molar-refractivity contribution in [1.29, 1.82) is 0 Å². The first-order valence-electron chi connectivity index (χ1n) is 8.84. The van der Waals surface area contributed by atoms with Crippen molar-refractivity contribution in [3.63, 3.8) is 0 Å². The Labute approximate surface area is 165 Å². The number of sulfonamides is 1. The van der Waals surface area contributed by atoms with Crippen LogP contribution in [0.2, 0.25) is 0 Å². The van der Waals surface area contributed by atoms with E-state index in [-0.39, 0.29) is 4.90 Å². The fraction of sp³-hybridized carbons (Fsp3) is 0.200. The Morgan fingerprint density at radius 1 is 1.00 bits per heavy atom. The molecule has 0 atom stereocenters. The summed E-state index contributed by atoms with van der Waals surface area (Å²) in [6, 6.07) is 14.5. The summed E-state index contributed by atoms with van der Waals surface area (Å²) < 4.78 is 22.6. The third-order valence-corrected chi connectivity index (χ3v) is 5.31. The van der Waals surface area contributed by atoms with E-state index in [1.165, 1.54) is 23.3 Å². The van der Waals surface area contributed by atoms with Crippen LogP contribution >= 0.6 is 0 Å². The van der Waals surface area contributed by atoms with Crippen molar-refractivity contribution >= 4 is 27.5 Å². The first-order chi connectivity index (χ1) is 13.3. The molecular formula is C20H23N5O2S. The number of benzene rings is 2. The van der Waals surface area contributed by atoms with Gasteiger partial charge in [-0.15, -0.1) is 0 Å². The summed E-state index contributed by atoms with van der Waals surface area (Å²) in [7, 11) is -3.66. The van der Waals surface area contributed by atoms with Gasteiger partial charge in [0.2, 0.25) is 16.0 Å². The molecule has 2 aromatic carbocycles. The number of rotatable bonds is 7. The van der Waals surface area contributed by atoms with Crippen molar-refractivity contribution in [2.24, 2.45) is 5.14 Å². The van der Waals surface area contributed by atoms with Crippen LogP contribution in [0, 0.1) is 13.8 Å². The Morgan fingerprint density at radius 2 is 1.75 bits per heavy atom. The predicted octanol–water partition coefficient (Wildman–Crippen LogP) is 3.14. The van der Waals surface area contributed by atoms with Crippen molar-refractivity contribution in [2.75, 3.05) is 17.2 Å². The van der Waals surface area contributed by atoms with E-state index in [1.54, 1.807) is 18.3 Å². The van der Waals surface area contributed by atoms with Crippen molar-refractivity contribution in [3.05, 3.63) is 71.4 Å². The Kier molecular flexibility index (Phi) is 5.91. The van der Waals surface area contributed by atoms with E-state index < -0.39 is 10.0 Å². The molecule has 0 spiro atoms. The van der Waals surface area contributed by atoms with Gasteiger partial charge in [0.25, 0.3) is 0 Å². The summed E-state index contributed by atoms with van der Waals surface area (Å²) >= 11 is 0. The lowest BCUT2D eigenvalue weighted by Gasteiger charge is -2.10. The minimum atomic E-state index is -3.66. The first-order valence-corrected chi connectivity index (χ1v) is 10.4. The van der Waals surface area contributed by atoms with E-state index >= 15 is 0 Å². The monoisotopic (exact) mass is 397 g/mol. The van der Waals surface area contributed by atoms with Crippen molar-refractivity contribution in [2.45, 2.75) is 25.2 Å². The van der Waals surface area contributed by atoms with Gasteiger partial charge in [-0.3, -0.25) is 0 Å². The Balaban J connectivity index is 1.58.